The van der Waals surface area contributed by atoms with Crippen LogP contribution in [-0.4, -0.2) is 39.9 Å². The van der Waals surface area contributed by atoms with Crippen LogP contribution in [-0.2, 0) is 11.2 Å². The molecule has 1 amide bonds. The van der Waals surface area contributed by atoms with Crippen molar-refractivity contribution < 1.29 is 4.79 Å². The standard InChI is InChI=1S/C11H16N2OS4/c1-7-9(18-11(15)13-7)4-10(14)12-5-8-6-16-2-3-17-8/h8H,2-6H2,1H3,(H,12,14)(H,13,15). The van der Waals surface area contributed by atoms with Gasteiger partial charge in [0.25, 0.3) is 0 Å². The van der Waals surface area contributed by atoms with Crippen molar-refractivity contribution in [1.29, 1.82) is 0 Å². The Morgan fingerprint density at radius 1 is 1.56 bits per heavy atom. The van der Waals surface area contributed by atoms with Crippen LogP contribution in [0.2, 0.25) is 0 Å². The lowest BCUT2D eigenvalue weighted by atomic mass is 10.3. The predicted octanol–water partition coefficient (Wildman–Crippen LogP) is 2.62. The molecule has 3 nitrogen and oxygen atoms in total. The Morgan fingerprint density at radius 2 is 2.39 bits per heavy atom. The number of thioether (sulfide) groups is 2. The molecule has 2 rings (SSSR count). The maximum absolute atomic E-state index is 11.8. The second kappa shape index (κ2) is 6.98. The average molecular weight is 321 g/mol. The van der Waals surface area contributed by atoms with Crippen LogP contribution < -0.4 is 5.32 Å². The van der Waals surface area contributed by atoms with Gasteiger partial charge >= 0.3 is 0 Å². The van der Waals surface area contributed by atoms with E-state index in [-0.39, 0.29) is 5.91 Å². The van der Waals surface area contributed by atoms with Crippen molar-refractivity contribution in [2.45, 2.75) is 18.6 Å². The molecule has 1 fully saturated rings. The zero-order valence-corrected chi connectivity index (χ0v) is 13.4. The number of rotatable bonds is 4. The van der Waals surface area contributed by atoms with Crippen molar-refractivity contribution in [3.05, 3.63) is 14.5 Å². The number of hydrogen-bond acceptors (Lipinski definition) is 5. The molecule has 2 N–H and O–H groups in total. The fourth-order valence-electron chi connectivity index (χ4n) is 1.70. The van der Waals surface area contributed by atoms with Crippen LogP contribution in [0.5, 0.6) is 0 Å². The minimum atomic E-state index is 0.0968. The number of amides is 1. The third-order valence-electron chi connectivity index (χ3n) is 2.66. The quantitative estimate of drug-likeness (QED) is 0.837. The van der Waals surface area contributed by atoms with Crippen LogP contribution >= 0.6 is 47.1 Å². The Morgan fingerprint density at radius 3 is 3.00 bits per heavy atom. The van der Waals surface area contributed by atoms with Gasteiger partial charge < -0.3 is 10.3 Å². The smallest absolute Gasteiger partial charge is 0.225 e. The van der Waals surface area contributed by atoms with E-state index >= 15 is 0 Å². The van der Waals surface area contributed by atoms with Gasteiger partial charge in [0, 0.05) is 39.6 Å². The van der Waals surface area contributed by atoms with E-state index in [0.29, 0.717) is 11.7 Å². The van der Waals surface area contributed by atoms with E-state index in [9.17, 15) is 4.79 Å². The topological polar surface area (TPSA) is 44.9 Å². The number of H-pyrrole nitrogens is 1. The number of carbonyl (C=O) groups excluding carboxylic acids is 1. The molecule has 0 aromatic carbocycles. The molecule has 1 aromatic heterocycles. The molecule has 0 spiro atoms. The summed E-state index contributed by atoms with van der Waals surface area (Å²) in [6.07, 6.45) is 0.439. The lowest BCUT2D eigenvalue weighted by molar-refractivity contribution is -0.120. The molecule has 0 saturated carbocycles. The molecule has 0 bridgehead atoms. The highest BCUT2D eigenvalue weighted by Gasteiger charge is 2.15. The van der Waals surface area contributed by atoms with Crippen LogP contribution in [0.25, 0.3) is 0 Å². The van der Waals surface area contributed by atoms with E-state index in [1.165, 1.54) is 22.8 Å². The molecule has 1 saturated heterocycles. The number of carbonyl (C=O) groups is 1. The molecule has 1 unspecified atom stereocenters. The monoisotopic (exact) mass is 320 g/mol. The molecule has 100 valence electrons. The molecule has 18 heavy (non-hydrogen) atoms. The van der Waals surface area contributed by atoms with Crippen molar-refractivity contribution in [2.75, 3.05) is 23.8 Å². The van der Waals surface area contributed by atoms with Crippen molar-refractivity contribution >= 4 is 53.0 Å². The molecular formula is C11H16N2OS4. The largest absolute Gasteiger partial charge is 0.355 e. The van der Waals surface area contributed by atoms with E-state index < -0.39 is 0 Å². The number of nitrogens with one attached hydrogen (secondary N) is 2. The van der Waals surface area contributed by atoms with Gasteiger partial charge in [0.2, 0.25) is 5.91 Å². The first-order valence-corrected chi connectivity index (χ1v) is 9.22. The van der Waals surface area contributed by atoms with E-state index in [2.05, 4.69) is 10.3 Å². The van der Waals surface area contributed by atoms with E-state index in [4.69, 9.17) is 12.2 Å². The SMILES string of the molecule is Cc1[nH]c(=S)sc1CC(=O)NCC1CSCCS1. The van der Waals surface area contributed by atoms with E-state index in [1.807, 2.05) is 30.4 Å². The Kier molecular flexibility index (Phi) is 5.59. The van der Waals surface area contributed by atoms with Gasteiger partial charge in [-0.2, -0.15) is 23.5 Å². The molecule has 2 heterocycles. The van der Waals surface area contributed by atoms with Crippen LogP contribution in [0, 0.1) is 10.9 Å². The van der Waals surface area contributed by atoms with Gasteiger partial charge in [0.1, 0.15) is 0 Å². The van der Waals surface area contributed by atoms with Gasteiger partial charge in [0.05, 0.1) is 6.42 Å². The Hall–Kier alpha value is 0.0200. The summed E-state index contributed by atoms with van der Waals surface area (Å²) in [5, 5.41) is 3.59. The van der Waals surface area contributed by atoms with E-state index in [1.54, 1.807) is 0 Å². The number of thiazole rings is 1. The average Bonchev–Trinajstić information content (AvgIpc) is 2.67. The second-order valence-corrected chi connectivity index (χ2v) is 8.44. The number of aryl methyl sites for hydroxylation is 1. The molecular weight excluding hydrogens is 304 g/mol. The predicted molar refractivity (Wildman–Crippen MR) is 84.5 cm³/mol. The minimum absolute atomic E-state index is 0.0968. The third kappa shape index (κ3) is 4.29. The normalized spacial score (nSPS) is 19.7. The Balaban J connectivity index is 1.78. The summed E-state index contributed by atoms with van der Waals surface area (Å²) in [4.78, 5) is 16.0. The van der Waals surface area contributed by atoms with Gasteiger partial charge in [-0.15, -0.1) is 11.3 Å². The maximum Gasteiger partial charge on any atom is 0.225 e. The van der Waals surface area contributed by atoms with Gasteiger partial charge in [-0.3, -0.25) is 4.79 Å². The van der Waals surface area contributed by atoms with Crippen LogP contribution in [0.15, 0.2) is 0 Å². The summed E-state index contributed by atoms with van der Waals surface area (Å²) >= 11 is 10.5. The second-order valence-electron chi connectivity index (χ2n) is 4.11. The fourth-order valence-corrected chi connectivity index (χ4v) is 5.60. The minimum Gasteiger partial charge on any atom is -0.355 e. The Labute approximate surface area is 125 Å². The zero-order valence-electron chi connectivity index (χ0n) is 10.2. The highest BCUT2D eigenvalue weighted by molar-refractivity contribution is 8.06. The zero-order chi connectivity index (χ0) is 13.0. The molecule has 1 aliphatic heterocycles. The Bertz CT molecular complexity index is 462. The number of aromatic amines is 1. The number of aromatic nitrogens is 1. The molecule has 0 radical (unpaired) electrons. The highest BCUT2D eigenvalue weighted by Crippen LogP contribution is 2.23. The van der Waals surface area contributed by atoms with Crippen LogP contribution in [0.4, 0.5) is 0 Å². The van der Waals surface area contributed by atoms with Gasteiger partial charge in [-0.25, -0.2) is 0 Å². The molecule has 0 aliphatic carbocycles. The van der Waals surface area contributed by atoms with Crippen molar-refractivity contribution in [3.63, 3.8) is 0 Å². The summed E-state index contributed by atoms with van der Waals surface area (Å²) in [6.45, 7) is 2.74. The summed E-state index contributed by atoms with van der Waals surface area (Å²) < 4.78 is 0.745. The summed E-state index contributed by atoms with van der Waals surface area (Å²) in [6, 6.07) is 0. The molecule has 1 atom stereocenters. The third-order valence-corrected chi connectivity index (χ3v) is 6.84. The molecule has 1 aliphatic rings. The van der Waals surface area contributed by atoms with Crippen LogP contribution in [0.3, 0.4) is 0 Å². The van der Waals surface area contributed by atoms with Gasteiger partial charge in [-0.05, 0) is 19.1 Å². The summed E-state index contributed by atoms with van der Waals surface area (Å²) in [5.74, 6) is 3.68. The summed E-state index contributed by atoms with van der Waals surface area (Å²) in [7, 11) is 0. The fraction of sp³-hybridized carbons (Fsp3) is 0.636. The lowest BCUT2D eigenvalue weighted by Gasteiger charge is -2.21. The lowest BCUT2D eigenvalue weighted by Crippen LogP contribution is -2.34. The number of hydrogen-bond donors (Lipinski definition) is 2. The molecule has 1 aromatic rings. The first kappa shape index (κ1) is 14.4. The highest BCUT2D eigenvalue weighted by atomic mass is 32.2. The summed E-state index contributed by atoms with van der Waals surface area (Å²) in [5.41, 5.74) is 1.02. The van der Waals surface area contributed by atoms with Gasteiger partial charge in [0.15, 0.2) is 3.95 Å². The van der Waals surface area contributed by atoms with Crippen LogP contribution in [0.1, 0.15) is 10.6 Å². The van der Waals surface area contributed by atoms with Gasteiger partial charge in [-0.1, -0.05) is 0 Å². The van der Waals surface area contributed by atoms with Crippen molar-refractivity contribution in [2.24, 2.45) is 0 Å². The van der Waals surface area contributed by atoms with E-state index in [0.717, 1.165) is 26.8 Å². The maximum atomic E-state index is 11.8. The molecule has 7 heteroatoms. The first-order chi connectivity index (χ1) is 8.65. The van der Waals surface area contributed by atoms with Crippen molar-refractivity contribution in [3.8, 4) is 0 Å². The van der Waals surface area contributed by atoms with Crippen molar-refractivity contribution in [1.82, 2.24) is 10.3 Å². The first-order valence-electron chi connectivity index (χ1n) is 5.80.